The van der Waals surface area contributed by atoms with Crippen LogP contribution in [0.25, 0.3) is 0 Å². The van der Waals surface area contributed by atoms with E-state index in [2.05, 4.69) is 0 Å². The van der Waals surface area contributed by atoms with Crippen LogP contribution in [0, 0.1) is 0 Å². The molecule has 0 aliphatic carbocycles. The highest BCUT2D eigenvalue weighted by Crippen LogP contribution is 2.25. The minimum Gasteiger partial charge on any atom is -0.480 e. The summed E-state index contributed by atoms with van der Waals surface area (Å²) in [6, 6.07) is 9.18. The molecule has 0 bridgehead atoms. The molecule has 0 saturated heterocycles. The van der Waals surface area contributed by atoms with E-state index >= 15 is 0 Å². The van der Waals surface area contributed by atoms with Crippen LogP contribution >= 0.6 is 11.8 Å². The lowest BCUT2D eigenvalue weighted by Crippen LogP contribution is -2.28. The zero-order chi connectivity index (χ0) is 10.6. The molecule has 0 spiro atoms. The maximum absolute atomic E-state index is 10.8. The van der Waals surface area contributed by atoms with Crippen molar-refractivity contribution in [3.05, 3.63) is 30.3 Å². The first-order valence-electron chi connectivity index (χ1n) is 4.24. The van der Waals surface area contributed by atoms with Gasteiger partial charge in [-0.2, -0.15) is 0 Å². The number of carboxylic acid groups (broad SMARTS) is 1. The standard InChI is InChI=1S/C10H12O3S/c1-7(11)9(10(12)13)14-8-5-3-2-4-6-8/h2-7,9,11H,1H3,(H,12,13)/t7-,9-/m0/s1. The topological polar surface area (TPSA) is 57.5 Å². The Bertz CT molecular complexity index is 297. The Morgan fingerprint density at radius 2 is 1.93 bits per heavy atom. The van der Waals surface area contributed by atoms with Crippen LogP contribution in [0.1, 0.15) is 6.92 Å². The fourth-order valence-electron chi connectivity index (χ4n) is 1.00. The molecule has 4 heteroatoms. The molecule has 0 heterocycles. The summed E-state index contributed by atoms with van der Waals surface area (Å²) < 4.78 is 0. The molecular formula is C10H12O3S. The molecule has 1 aromatic carbocycles. The van der Waals surface area contributed by atoms with E-state index in [1.807, 2.05) is 30.3 Å². The normalized spacial score (nSPS) is 14.7. The summed E-state index contributed by atoms with van der Waals surface area (Å²) in [6.45, 7) is 1.48. The molecule has 3 nitrogen and oxygen atoms in total. The van der Waals surface area contributed by atoms with Crippen molar-refractivity contribution in [3.63, 3.8) is 0 Å². The van der Waals surface area contributed by atoms with Gasteiger partial charge in [-0.3, -0.25) is 4.79 Å². The minimum absolute atomic E-state index is 0.808. The van der Waals surface area contributed by atoms with Gasteiger partial charge in [-0.1, -0.05) is 18.2 Å². The van der Waals surface area contributed by atoms with Crippen LogP contribution in [0.2, 0.25) is 0 Å². The maximum atomic E-state index is 10.8. The number of benzene rings is 1. The fraction of sp³-hybridized carbons (Fsp3) is 0.300. The summed E-state index contributed by atoms with van der Waals surface area (Å²) >= 11 is 1.16. The summed E-state index contributed by atoms with van der Waals surface area (Å²) in [5.41, 5.74) is 0. The Hall–Kier alpha value is -1.00. The van der Waals surface area contributed by atoms with Crippen molar-refractivity contribution in [3.8, 4) is 0 Å². The molecular weight excluding hydrogens is 200 g/mol. The molecule has 76 valence electrons. The Kier molecular flexibility index (Phi) is 3.98. The third kappa shape index (κ3) is 3.05. The second-order valence-corrected chi connectivity index (χ2v) is 4.15. The van der Waals surface area contributed by atoms with E-state index in [1.54, 1.807) is 0 Å². The number of hydrogen-bond acceptors (Lipinski definition) is 3. The van der Waals surface area contributed by atoms with Crippen LogP contribution in [0.5, 0.6) is 0 Å². The van der Waals surface area contributed by atoms with Gasteiger partial charge < -0.3 is 10.2 Å². The second-order valence-electron chi connectivity index (χ2n) is 2.93. The summed E-state index contributed by atoms with van der Waals surface area (Å²) in [6.07, 6.45) is -0.863. The van der Waals surface area contributed by atoms with Gasteiger partial charge in [0, 0.05) is 4.90 Å². The first-order valence-corrected chi connectivity index (χ1v) is 5.12. The van der Waals surface area contributed by atoms with Crippen molar-refractivity contribution in [2.45, 2.75) is 23.2 Å². The van der Waals surface area contributed by atoms with Gasteiger partial charge in [0.05, 0.1) is 6.10 Å². The number of aliphatic hydroxyl groups is 1. The predicted octanol–water partition coefficient (Wildman–Crippen LogP) is 1.61. The number of hydrogen-bond donors (Lipinski definition) is 2. The Morgan fingerprint density at radius 3 is 2.36 bits per heavy atom. The third-order valence-corrected chi connectivity index (χ3v) is 3.08. The van der Waals surface area contributed by atoms with Gasteiger partial charge in [0.2, 0.25) is 0 Å². The van der Waals surface area contributed by atoms with Crippen molar-refractivity contribution in [2.75, 3.05) is 0 Å². The average Bonchev–Trinajstić information content (AvgIpc) is 2.15. The van der Waals surface area contributed by atoms with E-state index in [4.69, 9.17) is 5.11 Å². The highest BCUT2D eigenvalue weighted by atomic mass is 32.2. The van der Waals surface area contributed by atoms with E-state index in [0.29, 0.717) is 0 Å². The van der Waals surface area contributed by atoms with Gasteiger partial charge >= 0.3 is 5.97 Å². The van der Waals surface area contributed by atoms with Crippen LogP contribution in [-0.2, 0) is 4.79 Å². The number of carboxylic acids is 1. The SMILES string of the molecule is C[C@H](O)[C@H](Sc1ccccc1)C(=O)O. The van der Waals surface area contributed by atoms with Gasteiger partial charge in [0.15, 0.2) is 0 Å². The van der Waals surface area contributed by atoms with Crippen LogP contribution in [0.15, 0.2) is 35.2 Å². The number of aliphatic hydroxyl groups excluding tert-OH is 1. The fourth-order valence-corrected chi connectivity index (χ4v) is 1.91. The second kappa shape index (κ2) is 5.02. The van der Waals surface area contributed by atoms with E-state index in [1.165, 1.54) is 6.92 Å². The van der Waals surface area contributed by atoms with Gasteiger partial charge in [0.25, 0.3) is 0 Å². The molecule has 0 aliphatic rings. The van der Waals surface area contributed by atoms with E-state index in [9.17, 15) is 9.90 Å². The molecule has 2 N–H and O–H groups in total. The molecule has 2 atom stereocenters. The zero-order valence-electron chi connectivity index (χ0n) is 7.75. The van der Waals surface area contributed by atoms with Crippen LogP contribution in [0.3, 0.4) is 0 Å². The number of aliphatic carboxylic acids is 1. The maximum Gasteiger partial charge on any atom is 0.319 e. The number of thioether (sulfide) groups is 1. The van der Waals surface area contributed by atoms with Crippen molar-refractivity contribution in [2.24, 2.45) is 0 Å². The van der Waals surface area contributed by atoms with E-state index in [0.717, 1.165) is 16.7 Å². The number of carbonyl (C=O) groups is 1. The van der Waals surface area contributed by atoms with Crippen molar-refractivity contribution < 1.29 is 15.0 Å². The molecule has 0 aliphatic heterocycles. The largest absolute Gasteiger partial charge is 0.480 e. The van der Waals surface area contributed by atoms with Crippen molar-refractivity contribution in [1.82, 2.24) is 0 Å². The Labute approximate surface area is 86.8 Å². The van der Waals surface area contributed by atoms with Crippen LogP contribution in [0.4, 0.5) is 0 Å². The Balaban J connectivity index is 2.70. The first kappa shape index (κ1) is 11.1. The van der Waals surface area contributed by atoms with Crippen molar-refractivity contribution in [1.29, 1.82) is 0 Å². The predicted molar refractivity (Wildman–Crippen MR) is 55.4 cm³/mol. The van der Waals surface area contributed by atoms with Gasteiger partial charge in [-0.15, -0.1) is 11.8 Å². The van der Waals surface area contributed by atoms with Gasteiger partial charge in [0.1, 0.15) is 5.25 Å². The summed E-state index contributed by atoms with van der Waals surface area (Å²) in [5, 5.41) is 17.3. The smallest absolute Gasteiger partial charge is 0.319 e. The van der Waals surface area contributed by atoms with Gasteiger partial charge in [-0.25, -0.2) is 0 Å². The average molecular weight is 212 g/mol. The molecule has 1 rings (SSSR count). The molecule has 1 aromatic rings. The lowest BCUT2D eigenvalue weighted by Gasteiger charge is -2.14. The Morgan fingerprint density at radius 1 is 1.36 bits per heavy atom. The highest BCUT2D eigenvalue weighted by Gasteiger charge is 2.23. The van der Waals surface area contributed by atoms with Gasteiger partial charge in [-0.05, 0) is 19.1 Å². The van der Waals surface area contributed by atoms with E-state index < -0.39 is 17.3 Å². The molecule has 0 aromatic heterocycles. The summed E-state index contributed by atoms with van der Waals surface area (Å²) in [5.74, 6) is -0.992. The van der Waals surface area contributed by atoms with Crippen molar-refractivity contribution >= 4 is 17.7 Å². The van der Waals surface area contributed by atoms with Crippen LogP contribution in [-0.4, -0.2) is 27.5 Å². The molecule has 14 heavy (non-hydrogen) atoms. The quantitative estimate of drug-likeness (QED) is 0.744. The number of rotatable bonds is 4. The first-order chi connectivity index (χ1) is 6.61. The minimum atomic E-state index is -0.992. The van der Waals surface area contributed by atoms with Crippen LogP contribution < -0.4 is 0 Å². The monoisotopic (exact) mass is 212 g/mol. The molecule has 0 saturated carbocycles. The van der Waals surface area contributed by atoms with E-state index in [-0.39, 0.29) is 0 Å². The molecule has 0 radical (unpaired) electrons. The lowest BCUT2D eigenvalue weighted by atomic mass is 10.3. The zero-order valence-corrected chi connectivity index (χ0v) is 8.57. The third-order valence-electron chi connectivity index (χ3n) is 1.69. The highest BCUT2D eigenvalue weighted by molar-refractivity contribution is 8.00. The lowest BCUT2D eigenvalue weighted by molar-refractivity contribution is -0.138. The molecule has 0 unspecified atom stereocenters. The summed E-state index contributed by atoms with van der Waals surface area (Å²) in [7, 11) is 0. The molecule has 0 amide bonds. The summed E-state index contributed by atoms with van der Waals surface area (Å²) in [4.78, 5) is 11.6. The molecule has 0 fully saturated rings.